The van der Waals surface area contributed by atoms with E-state index in [2.05, 4.69) is 25.0 Å². The van der Waals surface area contributed by atoms with E-state index in [0.29, 0.717) is 11.9 Å². The van der Waals surface area contributed by atoms with Gasteiger partial charge in [-0.1, -0.05) is 0 Å². The van der Waals surface area contributed by atoms with Crippen LogP contribution in [-0.4, -0.2) is 47.3 Å². The van der Waals surface area contributed by atoms with Crippen LogP contribution in [0.25, 0.3) is 0 Å². The second-order valence-electron chi connectivity index (χ2n) is 5.59. The molecule has 0 aromatic carbocycles. The van der Waals surface area contributed by atoms with Crippen LogP contribution >= 0.6 is 0 Å². The summed E-state index contributed by atoms with van der Waals surface area (Å²) in [6, 6.07) is 1.91. The van der Waals surface area contributed by atoms with Gasteiger partial charge in [0.2, 0.25) is 11.8 Å². The van der Waals surface area contributed by atoms with Crippen LogP contribution in [0.2, 0.25) is 0 Å². The smallest absolute Gasteiger partial charge is 0.265 e. The first-order chi connectivity index (χ1) is 10.1. The number of aromatic nitrogens is 4. The Morgan fingerprint density at radius 3 is 2.62 bits per heavy atom. The fourth-order valence-corrected chi connectivity index (χ4v) is 2.49. The number of rotatable bonds is 3. The van der Waals surface area contributed by atoms with E-state index in [9.17, 15) is 0 Å². The van der Waals surface area contributed by atoms with Crippen molar-refractivity contribution in [2.24, 2.45) is 0 Å². The van der Waals surface area contributed by atoms with Gasteiger partial charge >= 0.3 is 0 Å². The first-order valence-electron chi connectivity index (χ1n) is 7.19. The molecular weight excluding hydrogens is 268 g/mol. The number of hydrogen-bond donors (Lipinski definition) is 0. The lowest BCUT2D eigenvalue weighted by Gasteiger charge is -2.30. The molecule has 3 rings (SSSR count). The molecule has 112 valence electrons. The fourth-order valence-electron chi connectivity index (χ4n) is 2.49. The number of aryl methyl sites for hydroxylation is 1. The van der Waals surface area contributed by atoms with Crippen molar-refractivity contribution in [2.45, 2.75) is 25.7 Å². The van der Waals surface area contributed by atoms with E-state index in [4.69, 9.17) is 4.52 Å². The molecule has 0 N–H and O–H groups in total. The van der Waals surface area contributed by atoms with Crippen LogP contribution in [-0.2, 0) is 0 Å². The Morgan fingerprint density at radius 2 is 2.00 bits per heavy atom. The van der Waals surface area contributed by atoms with Crippen molar-refractivity contribution in [1.82, 2.24) is 20.1 Å². The lowest BCUT2D eigenvalue weighted by molar-refractivity contribution is 0.328. The molecule has 0 aliphatic carbocycles. The minimum absolute atomic E-state index is 0.326. The Kier molecular flexibility index (Phi) is 3.72. The molecule has 0 spiro atoms. The molecule has 0 amide bonds. The molecule has 1 aliphatic rings. The summed E-state index contributed by atoms with van der Waals surface area (Å²) in [5, 5.41) is 3.98. The lowest BCUT2D eigenvalue weighted by atomic mass is 9.97. The Hall–Kier alpha value is -2.18. The normalized spacial score (nSPS) is 16.2. The maximum Gasteiger partial charge on any atom is 0.265 e. The summed E-state index contributed by atoms with van der Waals surface area (Å²) >= 11 is 0. The summed E-state index contributed by atoms with van der Waals surface area (Å²) in [5.41, 5.74) is 0.995. The SMILES string of the molecule is Cc1ccnc(N2CCC(c3nc(N(C)C)no3)CC2)n1. The third-order valence-electron chi connectivity index (χ3n) is 3.74. The average Bonchev–Trinajstić information content (AvgIpc) is 2.97. The Labute approximate surface area is 124 Å². The molecule has 1 fully saturated rings. The maximum absolute atomic E-state index is 5.37. The van der Waals surface area contributed by atoms with Crippen molar-refractivity contribution < 1.29 is 4.52 Å². The van der Waals surface area contributed by atoms with Gasteiger partial charge < -0.3 is 14.3 Å². The molecule has 0 unspecified atom stereocenters. The Balaban J connectivity index is 1.64. The van der Waals surface area contributed by atoms with Crippen molar-refractivity contribution >= 4 is 11.9 Å². The van der Waals surface area contributed by atoms with Crippen LogP contribution in [0, 0.1) is 6.92 Å². The highest BCUT2D eigenvalue weighted by atomic mass is 16.5. The highest BCUT2D eigenvalue weighted by molar-refractivity contribution is 5.31. The number of hydrogen-bond acceptors (Lipinski definition) is 7. The average molecular weight is 288 g/mol. The summed E-state index contributed by atoms with van der Waals surface area (Å²) in [7, 11) is 3.82. The van der Waals surface area contributed by atoms with Crippen molar-refractivity contribution in [3.05, 3.63) is 23.8 Å². The maximum atomic E-state index is 5.37. The summed E-state index contributed by atoms with van der Waals surface area (Å²) in [4.78, 5) is 17.3. The molecule has 7 heteroatoms. The Bertz CT molecular complexity index is 603. The van der Waals surface area contributed by atoms with Crippen LogP contribution in [0.1, 0.15) is 30.3 Å². The molecule has 7 nitrogen and oxygen atoms in total. The lowest BCUT2D eigenvalue weighted by Crippen LogP contribution is -2.34. The summed E-state index contributed by atoms with van der Waals surface area (Å²) in [6.07, 6.45) is 3.77. The first-order valence-corrected chi connectivity index (χ1v) is 7.19. The Morgan fingerprint density at radius 1 is 1.24 bits per heavy atom. The molecular formula is C14H20N6O. The van der Waals surface area contributed by atoms with Gasteiger partial charge in [0.15, 0.2) is 0 Å². The van der Waals surface area contributed by atoms with Gasteiger partial charge in [-0.25, -0.2) is 9.97 Å². The third kappa shape index (κ3) is 2.96. The van der Waals surface area contributed by atoms with Crippen LogP contribution in [0.5, 0.6) is 0 Å². The molecule has 3 heterocycles. The van der Waals surface area contributed by atoms with Gasteiger partial charge in [-0.3, -0.25) is 0 Å². The molecule has 0 atom stereocenters. The molecule has 0 bridgehead atoms. The zero-order valence-corrected chi connectivity index (χ0v) is 12.7. The van der Waals surface area contributed by atoms with E-state index in [1.807, 2.05) is 38.2 Å². The second kappa shape index (κ2) is 5.67. The number of nitrogens with zero attached hydrogens (tertiary/aromatic N) is 6. The molecule has 21 heavy (non-hydrogen) atoms. The van der Waals surface area contributed by atoms with Crippen LogP contribution < -0.4 is 9.80 Å². The van der Waals surface area contributed by atoms with Crippen molar-refractivity contribution in [3.63, 3.8) is 0 Å². The summed E-state index contributed by atoms with van der Waals surface area (Å²) in [5.74, 6) is 2.51. The topological polar surface area (TPSA) is 71.2 Å². The zero-order valence-electron chi connectivity index (χ0n) is 12.7. The predicted molar refractivity (Wildman–Crippen MR) is 79.6 cm³/mol. The molecule has 0 radical (unpaired) electrons. The van der Waals surface area contributed by atoms with Gasteiger partial charge in [-0.2, -0.15) is 4.98 Å². The fraction of sp³-hybridized carbons (Fsp3) is 0.571. The predicted octanol–water partition coefficient (Wildman–Crippen LogP) is 1.62. The summed E-state index contributed by atoms with van der Waals surface area (Å²) in [6.45, 7) is 3.81. The van der Waals surface area contributed by atoms with E-state index >= 15 is 0 Å². The molecule has 2 aromatic rings. The molecule has 1 saturated heterocycles. The van der Waals surface area contributed by atoms with Crippen molar-refractivity contribution in [3.8, 4) is 0 Å². The van der Waals surface area contributed by atoms with Crippen LogP contribution in [0.4, 0.5) is 11.9 Å². The van der Waals surface area contributed by atoms with Gasteiger partial charge in [0.05, 0.1) is 0 Å². The van der Waals surface area contributed by atoms with Crippen molar-refractivity contribution in [2.75, 3.05) is 37.0 Å². The van der Waals surface area contributed by atoms with Crippen LogP contribution in [0.15, 0.2) is 16.8 Å². The van der Waals surface area contributed by atoms with E-state index in [0.717, 1.165) is 43.5 Å². The van der Waals surface area contributed by atoms with Gasteiger partial charge in [0.1, 0.15) is 0 Å². The minimum Gasteiger partial charge on any atom is -0.344 e. The molecule has 0 saturated carbocycles. The molecule has 2 aromatic heterocycles. The minimum atomic E-state index is 0.326. The zero-order chi connectivity index (χ0) is 14.8. The van der Waals surface area contributed by atoms with E-state index < -0.39 is 0 Å². The van der Waals surface area contributed by atoms with E-state index in [-0.39, 0.29) is 0 Å². The van der Waals surface area contributed by atoms with Gasteiger partial charge in [-0.05, 0) is 31.0 Å². The standard InChI is InChI=1S/C14H20N6O/c1-10-4-7-15-13(16-10)20-8-5-11(6-9-20)12-17-14(18-21-12)19(2)3/h4,7,11H,5-6,8-9H2,1-3H3. The second-order valence-corrected chi connectivity index (χ2v) is 5.59. The molecule has 1 aliphatic heterocycles. The van der Waals surface area contributed by atoms with E-state index in [1.165, 1.54) is 0 Å². The number of anilines is 2. The van der Waals surface area contributed by atoms with Gasteiger partial charge in [0.25, 0.3) is 5.95 Å². The summed E-state index contributed by atoms with van der Waals surface area (Å²) < 4.78 is 5.37. The number of piperidine rings is 1. The highest BCUT2D eigenvalue weighted by Gasteiger charge is 2.26. The first kappa shape index (κ1) is 13.8. The monoisotopic (exact) mass is 288 g/mol. The van der Waals surface area contributed by atoms with E-state index in [1.54, 1.807) is 0 Å². The largest absolute Gasteiger partial charge is 0.344 e. The third-order valence-corrected chi connectivity index (χ3v) is 3.74. The van der Waals surface area contributed by atoms with Gasteiger partial charge in [0, 0.05) is 45.0 Å². The highest BCUT2D eigenvalue weighted by Crippen LogP contribution is 2.29. The van der Waals surface area contributed by atoms with Gasteiger partial charge in [-0.15, -0.1) is 0 Å². The van der Waals surface area contributed by atoms with Crippen LogP contribution in [0.3, 0.4) is 0 Å². The van der Waals surface area contributed by atoms with Crippen molar-refractivity contribution in [1.29, 1.82) is 0 Å². The quantitative estimate of drug-likeness (QED) is 0.849.